The molecule has 0 saturated carbocycles. The van der Waals surface area contributed by atoms with Crippen LogP contribution in [-0.4, -0.2) is 17.9 Å². The lowest BCUT2D eigenvalue weighted by atomic mass is 10.2. The summed E-state index contributed by atoms with van der Waals surface area (Å²) in [6, 6.07) is 11.2. The Morgan fingerprint density at radius 1 is 1.17 bits per heavy atom. The highest BCUT2D eigenvalue weighted by molar-refractivity contribution is 7.80. The normalized spacial score (nSPS) is 10.9. The monoisotopic (exact) mass is 389 g/mol. The van der Waals surface area contributed by atoms with Crippen molar-refractivity contribution in [2.45, 2.75) is 6.61 Å². The van der Waals surface area contributed by atoms with Crippen LogP contribution >= 0.6 is 35.4 Å². The van der Waals surface area contributed by atoms with Gasteiger partial charge in [0.2, 0.25) is 0 Å². The first-order valence-electron chi connectivity index (χ1n) is 6.54. The van der Waals surface area contributed by atoms with E-state index in [-0.39, 0.29) is 10.9 Å². The van der Waals surface area contributed by atoms with Gasteiger partial charge in [0, 0.05) is 11.3 Å². The van der Waals surface area contributed by atoms with Crippen molar-refractivity contribution < 1.29 is 13.5 Å². The lowest BCUT2D eigenvalue weighted by Gasteiger charge is -2.09. The number of para-hydroxylation sites is 1. The lowest BCUT2D eigenvalue weighted by Crippen LogP contribution is -2.23. The molecule has 0 aliphatic rings. The van der Waals surface area contributed by atoms with Gasteiger partial charge < -0.3 is 10.1 Å². The number of halogens is 4. The Morgan fingerprint density at radius 2 is 1.92 bits per heavy atom. The summed E-state index contributed by atoms with van der Waals surface area (Å²) in [6.07, 6.45) is 1.32. The molecule has 0 aliphatic carbocycles. The molecule has 0 heterocycles. The largest absolute Gasteiger partial charge is 0.434 e. The third-order valence-corrected chi connectivity index (χ3v) is 3.61. The molecule has 2 N–H and O–H groups in total. The number of benzene rings is 2. The van der Waals surface area contributed by atoms with Gasteiger partial charge in [0.15, 0.2) is 5.11 Å². The zero-order valence-corrected chi connectivity index (χ0v) is 14.3. The van der Waals surface area contributed by atoms with Crippen LogP contribution in [0.3, 0.4) is 0 Å². The first-order chi connectivity index (χ1) is 11.5. The van der Waals surface area contributed by atoms with Gasteiger partial charge in [0.05, 0.1) is 16.3 Å². The Kier molecular flexibility index (Phi) is 6.72. The molecule has 2 rings (SSSR count). The van der Waals surface area contributed by atoms with Crippen molar-refractivity contribution in [2.24, 2.45) is 5.10 Å². The number of nitrogens with one attached hydrogen (secondary N) is 2. The van der Waals surface area contributed by atoms with E-state index < -0.39 is 6.61 Å². The van der Waals surface area contributed by atoms with Crippen LogP contribution in [0.1, 0.15) is 5.56 Å². The van der Waals surface area contributed by atoms with Crippen LogP contribution in [0.15, 0.2) is 47.6 Å². The first-order valence-corrected chi connectivity index (χ1v) is 7.71. The maximum Gasteiger partial charge on any atom is 0.387 e. The molecular weight excluding hydrogens is 379 g/mol. The molecule has 2 aromatic rings. The number of hydrogen-bond donors (Lipinski definition) is 2. The highest BCUT2D eigenvalue weighted by Crippen LogP contribution is 2.25. The van der Waals surface area contributed by atoms with E-state index in [1.807, 2.05) is 0 Å². The average molecular weight is 390 g/mol. The van der Waals surface area contributed by atoms with Crippen molar-refractivity contribution in [1.29, 1.82) is 0 Å². The Hall–Kier alpha value is -1.96. The average Bonchev–Trinajstić information content (AvgIpc) is 2.52. The summed E-state index contributed by atoms with van der Waals surface area (Å²) in [7, 11) is 0. The summed E-state index contributed by atoms with van der Waals surface area (Å²) in [5.74, 6) is 0.0152. The first kappa shape index (κ1) is 18.4. The second-order valence-electron chi connectivity index (χ2n) is 4.37. The molecule has 0 unspecified atom stereocenters. The van der Waals surface area contributed by atoms with Gasteiger partial charge in [-0.3, -0.25) is 5.43 Å². The van der Waals surface area contributed by atoms with Gasteiger partial charge in [-0.25, -0.2) is 0 Å². The van der Waals surface area contributed by atoms with Gasteiger partial charge in [-0.1, -0.05) is 35.3 Å². The molecule has 9 heteroatoms. The topological polar surface area (TPSA) is 45.6 Å². The molecule has 126 valence electrons. The van der Waals surface area contributed by atoms with Gasteiger partial charge >= 0.3 is 6.61 Å². The summed E-state index contributed by atoms with van der Waals surface area (Å²) in [5.41, 5.74) is 3.57. The molecule has 0 saturated heterocycles. The van der Waals surface area contributed by atoms with Crippen molar-refractivity contribution in [2.75, 3.05) is 5.32 Å². The molecule has 0 aliphatic heterocycles. The molecule has 0 radical (unpaired) electrons. The predicted molar refractivity (Wildman–Crippen MR) is 96.5 cm³/mol. The fourth-order valence-electron chi connectivity index (χ4n) is 1.68. The Morgan fingerprint density at radius 3 is 2.62 bits per heavy atom. The predicted octanol–water partition coefficient (Wildman–Crippen LogP) is 4.92. The van der Waals surface area contributed by atoms with Gasteiger partial charge in [-0.15, -0.1) is 0 Å². The van der Waals surface area contributed by atoms with Gasteiger partial charge in [0.1, 0.15) is 5.75 Å². The number of hydrogen-bond acceptors (Lipinski definition) is 3. The van der Waals surface area contributed by atoms with E-state index in [0.717, 1.165) is 0 Å². The van der Waals surface area contributed by atoms with Crippen LogP contribution in [0.4, 0.5) is 14.5 Å². The highest BCUT2D eigenvalue weighted by atomic mass is 35.5. The quantitative estimate of drug-likeness (QED) is 0.433. The van der Waals surface area contributed by atoms with E-state index in [4.69, 9.17) is 35.4 Å². The molecule has 2 aromatic carbocycles. The molecule has 0 amide bonds. The number of ether oxygens (including phenoxy) is 1. The van der Waals surface area contributed by atoms with Crippen LogP contribution in [0.25, 0.3) is 0 Å². The molecule has 0 fully saturated rings. The second kappa shape index (κ2) is 8.77. The van der Waals surface area contributed by atoms with Crippen molar-refractivity contribution in [3.05, 3.63) is 58.1 Å². The molecule has 0 spiro atoms. The van der Waals surface area contributed by atoms with E-state index in [1.165, 1.54) is 12.3 Å². The zero-order chi connectivity index (χ0) is 17.5. The third kappa shape index (κ3) is 5.59. The van der Waals surface area contributed by atoms with Crippen molar-refractivity contribution >= 4 is 52.4 Å². The molecule has 0 bridgehead atoms. The van der Waals surface area contributed by atoms with Gasteiger partial charge in [-0.05, 0) is 42.5 Å². The van der Waals surface area contributed by atoms with Gasteiger partial charge in [-0.2, -0.15) is 13.9 Å². The van der Waals surface area contributed by atoms with E-state index in [2.05, 4.69) is 20.6 Å². The second-order valence-corrected chi connectivity index (χ2v) is 5.59. The van der Waals surface area contributed by atoms with Crippen LogP contribution in [0, 0.1) is 0 Å². The fourth-order valence-corrected chi connectivity index (χ4v) is 2.15. The van der Waals surface area contributed by atoms with Crippen molar-refractivity contribution in [3.63, 3.8) is 0 Å². The minimum Gasteiger partial charge on any atom is -0.434 e. The van der Waals surface area contributed by atoms with Crippen LogP contribution < -0.4 is 15.5 Å². The molecule has 4 nitrogen and oxygen atoms in total. The zero-order valence-electron chi connectivity index (χ0n) is 12.0. The number of hydrazone groups is 1. The number of anilines is 1. The molecule has 0 atom stereocenters. The van der Waals surface area contributed by atoms with Crippen LogP contribution in [0.5, 0.6) is 5.75 Å². The summed E-state index contributed by atoms with van der Waals surface area (Å²) >= 11 is 16.8. The summed E-state index contributed by atoms with van der Waals surface area (Å²) in [4.78, 5) is 0. The van der Waals surface area contributed by atoms with Crippen LogP contribution in [0.2, 0.25) is 10.0 Å². The number of rotatable bonds is 5. The Balaban J connectivity index is 1.96. The van der Waals surface area contributed by atoms with Crippen molar-refractivity contribution in [1.82, 2.24) is 5.43 Å². The maximum absolute atomic E-state index is 12.3. The molecule has 24 heavy (non-hydrogen) atoms. The minimum absolute atomic E-state index is 0.0152. The smallest absolute Gasteiger partial charge is 0.387 e. The molecular formula is C15H11Cl2F2N3OS. The number of nitrogens with zero attached hydrogens (tertiary/aromatic N) is 1. The van der Waals surface area contributed by atoms with Crippen LogP contribution in [-0.2, 0) is 0 Å². The molecule has 0 aromatic heterocycles. The number of alkyl halides is 2. The summed E-state index contributed by atoms with van der Waals surface area (Å²) < 4.78 is 29.0. The van der Waals surface area contributed by atoms with Crippen molar-refractivity contribution in [3.8, 4) is 5.75 Å². The Bertz CT molecular complexity index is 759. The van der Waals surface area contributed by atoms with E-state index in [9.17, 15) is 8.78 Å². The summed E-state index contributed by atoms with van der Waals surface area (Å²) in [6.45, 7) is -2.91. The Labute approximate surface area is 152 Å². The van der Waals surface area contributed by atoms with Gasteiger partial charge in [0.25, 0.3) is 0 Å². The SMILES string of the molecule is FC(F)Oc1ccccc1/C=N\NC(=S)Nc1ccc(Cl)c(Cl)c1. The fraction of sp³-hybridized carbons (Fsp3) is 0.0667. The lowest BCUT2D eigenvalue weighted by molar-refractivity contribution is -0.0499. The third-order valence-electron chi connectivity index (χ3n) is 2.68. The van der Waals surface area contributed by atoms with E-state index >= 15 is 0 Å². The van der Waals surface area contributed by atoms with E-state index in [0.29, 0.717) is 21.3 Å². The minimum atomic E-state index is -2.91. The maximum atomic E-state index is 12.3. The highest BCUT2D eigenvalue weighted by Gasteiger charge is 2.07. The standard InChI is InChI=1S/C15H11Cl2F2N3OS/c16-11-6-5-10(7-12(11)17)21-15(24)22-20-8-9-3-1-2-4-13(9)23-14(18)19/h1-8,14H,(H2,21,22,24)/b20-8-. The number of thiocarbonyl (C=S) groups is 1. The summed E-state index contributed by atoms with van der Waals surface area (Å²) in [5, 5.41) is 7.74. The van der Waals surface area contributed by atoms with E-state index in [1.54, 1.807) is 36.4 Å².